The van der Waals surface area contributed by atoms with Crippen LogP contribution in [0.15, 0.2) is 41.5 Å². The highest BCUT2D eigenvalue weighted by molar-refractivity contribution is 5.63. The lowest BCUT2D eigenvalue weighted by Gasteiger charge is -2.34. The second-order valence-electron chi connectivity index (χ2n) is 6.27. The first-order valence-corrected chi connectivity index (χ1v) is 8.39. The van der Waals surface area contributed by atoms with E-state index in [0.717, 1.165) is 37.3 Å². The van der Waals surface area contributed by atoms with Gasteiger partial charge in [0.15, 0.2) is 5.82 Å². The molecule has 0 bridgehead atoms. The molecule has 1 aromatic carbocycles. The number of nitrogens with one attached hydrogen (secondary N) is 2. The topological polar surface area (TPSA) is 98.5 Å². The number of aromatic hydroxyl groups is 1. The molecule has 25 heavy (non-hydrogen) atoms. The lowest BCUT2D eigenvalue weighted by Crippen LogP contribution is -2.46. The van der Waals surface area contributed by atoms with E-state index < -0.39 is 0 Å². The third kappa shape index (κ3) is 3.08. The minimum absolute atomic E-state index is 0.259. The molecular formula is C17H20N6O2. The highest BCUT2D eigenvalue weighted by Gasteiger charge is 2.23. The molecule has 8 heteroatoms. The van der Waals surface area contributed by atoms with Gasteiger partial charge in [0.2, 0.25) is 5.65 Å². The van der Waals surface area contributed by atoms with Crippen LogP contribution in [0.2, 0.25) is 0 Å². The van der Waals surface area contributed by atoms with Gasteiger partial charge in [-0.2, -0.15) is 0 Å². The average molecular weight is 340 g/mol. The molecule has 0 unspecified atom stereocenters. The third-order valence-electron chi connectivity index (χ3n) is 4.61. The summed E-state index contributed by atoms with van der Waals surface area (Å²) in [7, 11) is 0. The van der Waals surface area contributed by atoms with Crippen molar-refractivity contribution < 1.29 is 5.11 Å². The molecule has 130 valence electrons. The van der Waals surface area contributed by atoms with E-state index >= 15 is 0 Å². The second kappa shape index (κ2) is 6.56. The molecule has 2 aromatic heterocycles. The Labute approximate surface area is 144 Å². The highest BCUT2D eigenvalue weighted by Crippen LogP contribution is 2.21. The Kier molecular flexibility index (Phi) is 4.10. The summed E-state index contributed by atoms with van der Waals surface area (Å²) in [5.41, 5.74) is 1.18. The molecule has 1 aliphatic rings. The van der Waals surface area contributed by atoms with E-state index in [1.54, 1.807) is 18.5 Å². The van der Waals surface area contributed by atoms with Crippen molar-refractivity contribution in [2.45, 2.75) is 25.4 Å². The molecule has 3 heterocycles. The first kappa shape index (κ1) is 15.6. The van der Waals surface area contributed by atoms with Gasteiger partial charge in [-0.05, 0) is 18.9 Å². The number of para-hydroxylation sites is 1. The molecule has 0 spiro atoms. The number of hydrogen-bond acceptors (Lipinski definition) is 6. The molecule has 1 atom stereocenters. The van der Waals surface area contributed by atoms with Crippen LogP contribution in [0.1, 0.15) is 18.4 Å². The number of fused-ring (bicyclic) bond motifs is 1. The number of phenols is 1. The van der Waals surface area contributed by atoms with Crippen molar-refractivity contribution in [2.75, 3.05) is 18.0 Å². The van der Waals surface area contributed by atoms with Crippen LogP contribution in [-0.2, 0) is 6.54 Å². The fraction of sp³-hybridized carbons (Fsp3) is 0.353. The van der Waals surface area contributed by atoms with E-state index in [4.69, 9.17) is 0 Å². The summed E-state index contributed by atoms with van der Waals surface area (Å²) in [5, 5.41) is 20.0. The fourth-order valence-electron chi connectivity index (χ4n) is 3.30. The van der Waals surface area contributed by atoms with Crippen LogP contribution in [0.4, 0.5) is 5.82 Å². The predicted octanol–water partition coefficient (Wildman–Crippen LogP) is 0.882. The minimum atomic E-state index is -0.259. The largest absolute Gasteiger partial charge is 0.508 e. The second-order valence-corrected chi connectivity index (χ2v) is 6.27. The van der Waals surface area contributed by atoms with Gasteiger partial charge in [-0.1, -0.05) is 18.2 Å². The smallest absolute Gasteiger partial charge is 0.347 e. The van der Waals surface area contributed by atoms with Gasteiger partial charge in [0.25, 0.3) is 0 Å². The maximum atomic E-state index is 11.7. The summed E-state index contributed by atoms with van der Waals surface area (Å²) in [6, 6.07) is 7.63. The SMILES string of the molecule is O=c1[nH]nc2c(N3CCC[C@H](NCc4ccccc4O)C3)nccn12. The maximum Gasteiger partial charge on any atom is 0.347 e. The Hall–Kier alpha value is -2.87. The Morgan fingerprint density at radius 3 is 3.12 bits per heavy atom. The summed E-state index contributed by atoms with van der Waals surface area (Å²) in [6.07, 6.45) is 5.32. The Balaban J connectivity index is 1.49. The van der Waals surface area contributed by atoms with Crippen LogP contribution >= 0.6 is 0 Å². The first-order chi connectivity index (χ1) is 12.2. The van der Waals surface area contributed by atoms with Gasteiger partial charge in [-0.25, -0.2) is 19.3 Å². The zero-order valence-electron chi connectivity index (χ0n) is 13.7. The van der Waals surface area contributed by atoms with E-state index in [9.17, 15) is 9.90 Å². The standard InChI is InChI=1S/C17H20N6O2/c24-14-6-2-1-4-12(14)10-19-13-5-3-8-22(11-13)15-16-20-21-17(25)23(16)9-7-18-15/h1-2,4,6-7,9,13,19,24H,3,5,8,10-11H2,(H,21,25)/t13-/m0/s1. The van der Waals surface area contributed by atoms with E-state index in [0.29, 0.717) is 17.9 Å². The molecule has 4 rings (SSSR count). The van der Waals surface area contributed by atoms with Gasteiger partial charge in [-0.3, -0.25) is 0 Å². The normalized spacial score (nSPS) is 17.9. The van der Waals surface area contributed by atoms with Crippen molar-refractivity contribution in [1.82, 2.24) is 24.9 Å². The number of aromatic amines is 1. The first-order valence-electron chi connectivity index (χ1n) is 8.39. The molecule has 0 radical (unpaired) electrons. The molecule has 0 saturated carbocycles. The van der Waals surface area contributed by atoms with Crippen LogP contribution in [0.25, 0.3) is 5.65 Å². The molecule has 1 aliphatic heterocycles. The van der Waals surface area contributed by atoms with Crippen molar-refractivity contribution in [3.8, 4) is 5.75 Å². The van der Waals surface area contributed by atoms with Crippen molar-refractivity contribution in [1.29, 1.82) is 0 Å². The molecule has 0 aliphatic carbocycles. The molecule has 3 N–H and O–H groups in total. The zero-order valence-corrected chi connectivity index (χ0v) is 13.7. The predicted molar refractivity (Wildman–Crippen MR) is 93.8 cm³/mol. The Morgan fingerprint density at radius 2 is 2.24 bits per heavy atom. The number of benzene rings is 1. The number of hydrogen-bond donors (Lipinski definition) is 3. The van der Waals surface area contributed by atoms with Gasteiger partial charge in [-0.15, -0.1) is 5.10 Å². The molecule has 1 saturated heterocycles. The minimum Gasteiger partial charge on any atom is -0.508 e. The molecule has 3 aromatic rings. The van der Waals surface area contributed by atoms with E-state index in [-0.39, 0.29) is 11.7 Å². The van der Waals surface area contributed by atoms with Gasteiger partial charge in [0, 0.05) is 43.6 Å². The number of H-pyrrole nitrogens is 1. The lowest BCUT2D eigenvalue weighted by molar-refractivity contribution is 0.412. The van der Waals surface area contributed by atoms with Crippen LogP contribution in [0.3, 0.4) is 0 Å². The molecule has 1 fully saturated rings. The zero-order chi connectivity index (χ0) is 17.2. The van der Waals surface area contributed by atoms with Crippen LogP contribution in [-0.4, -0.2) is 43.8 Å². The van der Waals surface area contributed by atoms with Gasteiger partial charge in [0.1, 0.15) is 5.75 Å². The summed E-state index contributed by atoms with van der Waals surface area (Å²) < 4.78 is 1.47. The number of anilines is 1. The van der Waals surface area contributed by atoms with Gasteiger partial charge in [0.05, 0.1) is 0 Å². The number of rotatable bonds is 4. The number of phenolic OH excluding ortho intramolecular Hbond substituents is 1. The number of piperidine rings is 1. The lowest BCUT2D eigenvalue weighted by atomic mass is 10.1. The van der Waals surface area contributed by atoms with E-state index in [1.807, 2.05) is 18.2 Å². The molecule has 8 nitrogen and oxygen atoms in total. The van der Waals surface area contributed by atoms with Crippen molar-refractivity contribution in [3.63, 3.8) is 0 Å². The van der Waals surface area contributed by atoms with Crippen LogP contribution < -0.4 is 15.9 Å². The monoisotopic (exact) mass is 340 g/mol. The Bertz CT molecular complexity index is 934. The number of nitrogens with zero attached hydrogens (tertiary/aromatic N) is 4. The summed E-state index contributed by atoms with van der Waals surface area (Å²) in [6.45, 7) is 2.27. The van der Waals surface area contributed by atoms with Crippen molar-refractivity contribution in [3.05, 3.63) is 52.7 Å². The number of aromatic nitrogens is 4. The molecular weight excluding hydrogens is 320 g/mol. The van der Waals surface area contributed by atoms with Crippen molar-refractivity contribution >= 4 is 11.5 Å². The molecule has 0 amide bonds. The van der Waals surface area contributed by atoms with E-state index in [1.165, 1.54) is 4.40 Å². The summed E-state index contributed by atoms with van der Waals surface area (Å²) in [4.78, 5) is 18.3. The van der Waals surface area contributed by atoms with Crippen LogP contribution in [0.5, 0.6) is 5.75 Å². The third-order valence-corrected chi connectivity index (χ3v) is 4.61. The fourth-order valence-corrected chi connectivity index (χ4v) is 3.30. The highest BCUT2D eigenvalue weighted by atomic mass is 16.3. The maximum absolute atomic E-state index is 11.7. The van der Waals surface area contributed by atoms with Gasteiger partial charge >= 0.3 is 5.69 Å². The summed E-state index contributed by atoms with van der Waals surface area (Å²) >= 11 is 0. The average Bonchev–Trinajstić information content (AvgIpc) is 3.03. The van der Waals surface area contributed by atoms with Gasteiger partial charge < -0.3 is 15.3 Å². The van der Waals surface area contributed by atoms with Crippen molar-refractivity contribution in [2.24, 2.45) is 0 Å². The van der Waals surface area contributed by atoms with Crippen LogP contribution in [0, 0.1) is 0 Å². The quantitative estimate of drug-likeness (QED) is 0.652. The summed E-state index contributed by atoms with van der Waals surface area (Å²) in [5.74, 6) is 1.03. The Morgan fingerprint density at radius 1 is 1.36 bits per heavy atom. The van der Waals surface area contributed by atoms with E-state index in [2.05, 4.69) is 25.4 Å².